The Morgan fingerprint density at radius 3 is 2.95 bits per heavy atom. The third kappa shape index (κ3) is 2.44. The maximum atomic E-state index is 12.3. The van der Waals surface area contributed by atoms with Crippen LogP contribution in [0.1, 0.15) is 33.2 Å². The number of H-pyrrole nitrogens is 1. The van der Waals surface area contributed by atoms with Crippen molar-refractivity contribution in [3.63, 3.8) is 0 Å². The normalized spacial score (nSPS) is 14.0. The summed E-state index contributed by atoms with van der Waals surface area (Å²) >= 11 is 0. The molecule has 0 fully saturated rings. The van der Waals surface area contributed by atoms with Crippen molar-refractivity contribution in [1.29, 1.82) is 0 Å². The second-order valence-electron chi connectivity index (χ2n) is 4.19. The smallest absolute Gasteiger partial charge is 0.296 e. The summed E-state index contributed by atoms with van der Waals surface area (Å²) in [5.74, 6) is -1.95. The highest BCUT2D eigenvalue weighted by molar-refractivity contribution is 6.04. The predicted octanol–water partition coefficient (Wildman–Crippen LogP) is -0.0655. The number of aromatic amines is 1. The molecule has 110 valence electrons. The predicted molar refractivity (Wildman–Crippen MR) is 63.9 cm³/mol. The topological polar surface area (TPSA) is 118 Å². The minimum Gasteiger partial charge on any atom is -0.349 e. The highest BCUT2D eigenvalue weighted by Crippen LogP contribution is 2.15. The van der Waals surface area contributed by atoms with Crippen LogP contribution in [0.2, 0.25) is 0 Å². The summed E-state index contributed by atoms with van der Waals surface area (Å²) in [6, 6.07) is 1.31. The van der Waals surface area contributed by atoms with Crippen LogP contribution in [0.15, 0.2) is 6.07 Å². The zero-order chi connectivity index (χ0) is 15.0. The summed E-state index contributed by atoms with van der Waals surface area (Å²) < 4.78 is 26.1. The number of halogens is 2. The van der Waals surface area contributed by atoms with E-state index in [0.717, 1.165) is 0 Å². The quantitative estimate of drug-likeness (QED) is 0.733. The summed E-state index contributed by atoms with van der Waals surface area (Å²) in [6.45, 7) is 0.873. The van der Waals surface area contributed by atoms with E-state index in [-0.39, 0.29) is 23.2 Å². The molecule has 0 aromatic carbocycles. The van der Waals surface area contributed by atoms with Crippen LogP contribution in [0, 0.1) is 0 Å². The first-order chi connectivity index (χ1) is 10.0. The maximum Gasteiger partial charge on any atom is 0.296 e. The first kappa shape index (κ1) is 13.1. The van der Waals surface area contributed by atoms with Crippen molar-refractivity contribution in [2.45, 2.75) is 13.0 Å². The molecule has 0 bridgehead atoms. The van der Waals surface area contributed by atoms with E-state index in [9.17, 15) is 18.4 Å². The molecule has 0 atom stereocenters. The van der Waals surface area contributed by atoms with Crippen LogP contribution in [0.25, 0.3) is 0 Å². The fraction of sp³-hybridized carbons (Fsp3) is 0.300. The van der Waals surface area contributed by atoms with Crippen molar-refractivity contribution in [2.75, 3.05) is 11.9 Å². The lowest BCUT2D eigenvalue weighted by atomic mass is 10.3. The molecule has 1 aliphatic heterocycles. The van der Waals surface area contributed by atoms with Crippen molar-refractivity contribution in [1.82, 2.24) is 30.3 Å². The number of hydrogen-bond donors (Lipinski definition) is 3. The van der Waals surface area contributed by atoms with Gasteiger partial charge in [-0.05, 0) is 0 Å². The molecular weight excluding hydrogens is 288 g/mol. The summed E-state index contributed by atoms with van der Waals surface area (Å²) in [5, 5.41) is 14.2. The van der Waals surface area contributed by atoms with Crippen LogP contribution in [-0.4, -0.2) is 43.3 Å². The van der Waals surface area contributed by atoms with E-state index < -0.39 is 18.2 Å². The van der Waals surface area contributed by atoms with Crippen LogP contribution < -0.4 is 10.6 Å². The molecule has 1 aliphatic rings. The Balaban J connectivity index is 1.77. The van der Waals surface area contributed by atoms with Crippen molar-refractivity contribution in [2.24, 2.45) is 0 Å². The zero-order valence-electron chi connectivity index (χ0n) is 10.4. The molecule has 2 amide bonds. The number of nitrogens with one attached hydrogen (secondary N) is 3. The van der Waals surface area contributed by atoms with E-state index in [1.165, 1.54) is 10.7 Å². The first-order valence-corrected chi connectivity index (χ1v) is 5.92. The SMILES string of the molecule is O=C(Nc1n[nH]c(C(F)F)n1)c1cc2n(n1)CCNC2=O. The number of carbonyl (C=O) groups is 2. The maximum absolute atomic E-state index is 12.3. The highest BCUT2D eigenvalue weighted by Gasteiger charge is 2.23. The van der Waals surface area contributed by atoms with Gasteiger partial charge in [0.15, 0.2) is 11.5 Å². The number of nitrogens with zero attached hydrogens (tertiary/aromatic N) is 4. The van der Waals surface area contributed by atoms with Crippen molar-refractivity contribution in [3.05, 3.63) is 23.3 Å². The van der Waals surface area contributed by atoms with Gasteiger partial charge in [0, 0.05) is 12.6 Å². The number of alkyl halides is 2. The Hall–Kier alpha value is -2.85. The van der Waals surface area contributed by atoms with Gasteiger partial charge in [0.25, 0.3) is 18.2 Å². The minimum atomic E-state index is -2.81. The van der Waals surface area contributed by atoms with Crippen LogP contribution in [0.3, 0.4) is 0 Å². The molecule has 11 heteroatoms. The molecule has 2 aromatic rings. The van der Waals surface area contributed by atoms with Gasteiger partial charge < -0.3 is 5.32 Å². The Morgan fingerprint density at radius 2 is 2.29 bits per heavy atom. The molecule has 0 aliphatic carbocycles. The van der Waals surface area contributed by atoms with Crippen LogP contribution in [-0.2, 0) is 6.54 Å². The number of carbonyl (C=O) groups excluding carboxylic acids is 2. The summed E-state index contributed by atoms with van der Waals surface area (Å²) in [6.07, 6.45) is -2.81. The summed E-state index contributed by atoms with van der Waals surface area (Å²) in [5.41, 5.74) is 0.236. The Morgan fingerprint density at radius 1 is 1.48 bits per heavy atom. The lowest BCUT2D eigenvalue weighted by molar-refractivity contribution is 0.0923. The summed E-state index contributed by atoms with van der Waals surface area (Å²) in [4.78, 5) is 26.9. The van der Waals surface area contributed by atoms with E-state index in [0.29, 0.717) is 13.1 Å². The number of amides is 2. The van der Waals surface area contributed by atoms with Gasteiger partial charge in [-0.3, -0.25) is 24.7 Å². The van der Waals surface area contributed by atoms with Gasteiger partial charge in [0.1, 0.15) is 5.69 Å². The molecule has 0 saturated heterocycles. The Bertz CT molecular complexity index is 708. The van der Waals surface area contributed by atoms with E-state index >= 15 is 0 Å². The van der Waals surface area contributed by atoms with Gasteiger partial charge in [0.2, 0.25) is 5.95 Å². The molecule has 9 nitrogen and oxygen atoms in total. The largest absolute Gasteiger partial charge is 0.349 e. The first-order valence-electron chi connectivity index (χ1n) is 5.92. The van der Waals surface area contributed by atoms with Gasteiger partial charge in [-0.1, -0.05) is 0 Å². The third-order valence-corrected chi connectivity index (χ3v) is 2.79. The number of anilines is 1. The fourth-order valence-electron chi connectivity index (χ4n) is 1.84. The molecule has 2 aromatic heterocycles. The van der Waals surface area contributed by atoms with Gasteiger partial charge >= 0.3 is 0 Å². The monoisotopic (exact) mass is 297 g/mol. The summed E-state index contributed by atoms with van der Waals surface area (Å²) in [7, 11) is 0. The van der Waals surface area contributed by atoms with Crippen LogP contribution in [0.5, 0.6) is 0 Å². The minimum absolute atomic E-state index is 0.0227. The fourth-order valence-corrected chi connectivity index (χ4v) is 1.84. The van der Waals surface area contributed by atoms with Gasteiger partial charge in [-0.25, -0.2) is 8.78 Å². The molecule has 0 unspecified atom stereocenters. The van der Waals surface area contributed by atoms with Gasteiger partial charge in [-0.2, -0.15) is 10.1 Å². The number of hydrogen-bond acceptors (Lipinski definition) is 5. The third-order valence-electron chi connectivity index (χ3n) is 2.79. The van der Waals surface area contributed by atoms with E-state index in [2.05, 4.69) is 25.8 Å². The lowest BCUT2D eigenvalue weighted by Crippen LogP contribution is -2.35. The van der Waals surface area contributed by atoms with E-state index in [1.54, 1.807) is 0 Å². The lowest BCUT2D eigenvalue weighted by Gasteiger charge is -2.13. The highest BCUT2D eigenvalue weighted by atomic mass is 19.3. The van der Waals surface area contributed by atoms with Crippen LogP contribution >= 0.6 is 0 Å². The van der Waals surface area contributed by atoms with Crippen molar-refractivity contribution >= 4 is 17.8 Å². The number of fused-ring (bicyclic) bond motifs is 1. The van der Waals surface area contributed by atoms with Gasteiger partial charge in [-0.15, -0.1) is 5.10 Å². The molecule has 21 heavy (non-hydrogen) atoms. The molecule has 3 rings (SSSR count). The van der Waals surface area contributed by atoms with E-state index in [4.69, 9.17) is 0 Å². The second-order valence-corrected chi connectivity index (χ2v) is 4.19. The number of aromatic nitrogens is 5. The molecule has 0 saturated carbocycles. The second kappa shape index (κ2) is 4.92. The van der Waals surface area contributed by atoms with Gasteiger partial charge in [0.05, 0.1) is 6.54 Å². The average Bonchev–Trinajstić information content (AvgIpc) is 3.05. The molecular formula is C10H9F2N7O2. The molecule has 3 N–H and O–H groups in total. The number of rotatable bonds is 3. The molecule has 0 radical (unpaired) electrons. The van der Waals surface area contributed by atoms with Crippen molar-refractivity contribution < 1.29 is 18.4 Å². The zero-order valence-corrected chi connectivity index (χ0v) is 10.4. The Kier molecular flexibility index (Phi) is 3.08. The van der Waals surface area contributed by atoms with Crippen molar-refractivity contribution in [3.8, 4) is 0 Å². The Labute approximate surface area is 115 Å². The molecule has 0 spiro atoms. The average molecular weight is 297 g/mol. The standard InChI is InChI=1S/C10H9F2N7O2/c11-6(12)7-14-10(17-16-7)15-8(20)4-3-5-9(21)13-1-2-19(5)18-4/h3,6H,1-2H2,(H,13,21)(H2,14,15,16,17,20). The van der Waals surface area contributed by atoms with Crippen LogP contribution in [0.4, 0.5) is 14.7 Å². The van der Waals surface area contributed by atoms with E-state index in [1.807, 2.05) is 5.10 Å². The molecule has 3 heterocycles.